The van der Waals surface area contributed by atoms with E-state index in [9.17, 15) is 45.6 Å². The minimum atomic E-state index is -1.79. The summed E-state index contributed by atoms with van der Waals surface area (Å²) in [5.74, 6) is -0.233. The van der Waals surface area contributed by atoms with Gasteiger partial charge in [0.25, 0.3) is 0 Å². The maximum Gasteiger partial charge on any atom is 0.220 e. The molecule has 12 unspecified atom stereocenters. The molecule has 0 radical (unpaired) electrons. The van der Waals surface area contributed by atoms with Crippen molar-refractivity contribution in [2.24, 2.45) is 0 Å². The van der Waals surface area contributed by atoms with Gasteiger partial charge in [0.2, 0.25) is 5.91 Å². The topological polar surface area (TPSA) is 228 Å². The number of aliphatic hydroxyl groups excluding tert-OH is 8. The number of unbranched alkanes of at least 4 members (excludes halogenated alkanes) is 46. The molecular formula is C75H141NO13. The van der Waals surface area contributed by atoms with Gasteiger partial charge in [-0.25, -0.2) is 0 Å². The fourth-order valence-corrected chi connectivity index (χ4v) is 12.6. The Morgan fingerprint density at radius 2 is 0.742 bits per heavy atom. The van der Waals surface area contributed by atoms with E-state index in [1.807, 2.05) is 6.08 Å². The Bertz CT molecular complexity index is 1630. The molecule has 9 N–H and O–H groups in total. The number of hydrogen-bond acceptors (Lipinski definition) is 13. The van der Waals surface area contributed by atoms with Crippen LogP contribution in [-0.4, -0.2) is 140 Å². The molecule has 0 aliphatic carbocycles. The van der Waals surface area contributed by atoms with Gasteiger partial charge in [0.05, 0.1) is 32.0 Å². The molecule has 12 atom stereocenters. The zero-order valence-electron chi connectivity index (χ0n) is 57.2. The quantitative estimate of drug-likeness (QED) is 0.0204. The highest BCUT2D eigenvalue weighted by atomic mass is 16.7. The highest BCUT2D eigenvalue weighted by molar-refractivity contribution is 5.76. The zero-order chi connectivity index (χ0) is 64.5. The van der Waals surface area contributed by atoms with Crippen LogP contribution in [0.25, 0.3) is 0 Å². The first-order valence-electron chi connectivity index (χ1n) is 37.7. The largest absolute Gasteiger partial charge is 0.394 e. The molecule has 2 saturated heterocycles. The van der Waals surface area contributed by atoms with Crippen LogP contribution in [0.1, 0.15) is 341 Å². The molecular weight excluding hydrogens is 1120 g/mol. The van der Waals surface area contributed by atoms with Crippen molar-refractivity contribution in [1.82, 2.24) is 5.32 Å². The normalized spacial score (nSPS) is 23.2. The first kappa shape index (κ1) is 83.3. The molecule has 0 spiro atoms. The summed E-state index contributed by atoms with van der Waals surface area (Å²) in [5, 5.41) is 87.6. The Hall–Kier alpha value is -1.79. The number of allylic oxidation sites excluding steroid dienone is 5. The summed E-state index contributed by atoms with van der Waals surface area (Å²) >= 11 is 0. The minimum absolute atomic E-state index is 0.233. The number of carbonyl (C=O) groups excluding carboxylic acids is 1. The van der Waals surface area contributed by atoms with Gasteiger partial charge in [0.15, 0.2) is 12.6 Å². The number of ether oxygens (including phenoxy) is 4. The first-order valence-corrected chi connectivity index (χ1v) is 37.7. The second-order valence-corrected chi connectivity index (χ2v) is 26.8. The average molecular weight is 1260 g/mol. The van der Waals surface area contributed by atoms with Crippen LogP contribution in [0.5, 0.6) is 0 Å². The fourth-order valence-electron chi connectivity index (χ4n) is 12.6. The van der Waals surface area contributed by atoms with Crippen LogP contribution in [0, 0.1) is 0 Å². The number of carbonyl (C=O) groups is 1. The van der Waals surface area contributed by atoms with Crippen molar-refractivity contribution in [3.05, 3.63) is 36.5 Å². The van der Waals surface area contributed by atoms with E-state index < -0.39 is 86.8 Å². The van der Waals surface area contributed by atoms with Crippen LogP contribution in [0.4, 0.5) is 0 Å². The van der Waals surface area contributed by atoms with Crippen LogP contribution in [-0.2, 0) is 23.7 Å². The smallest absolute Gasteiger partial charge is 0.220 e. The van der Waals surface area contributed by atoms with E-state index in [0.29, 0.717) is 6.42 Å². The van der Waals surface area contributed by atoms with Gasteiger partial charge in [0, 0.05) is 6.42 Å². The molecule has 2 rings (SSSR count). The number of hydrogen-bond donors (Lipinski definition) is 9. The Kier molecular flexibility index (Phi) is 56.1. The predicted octanol–water partition coefficient (Wildman–Crippen LogP) is 16.1. The van der Waals surface area contributed by atoms with E-state index in [1.165, 1.54) is 270 Å². The SMILES string of the molecule is CCCCCCC/C=C\C/C=C\CCCCCCCCCCCCCCCCCCCC(=O)NC(COC1OC(CO)C(OC2OC(CO)C(O)C(O)C2O)C(O)C1O)C(O)/C=C/CCCCCCCCCCCCCCCCCCCCCCCCCC. The van der Waals surface area contributed by atoms with Crippen molar-refractivity contribution < 1.29 is 64.6 Å². The van der Waals surface area contributed by atoms with Crippen molar-refractivity contribution in [2.75, 3.05) is 19.8 Å². The van der Waals surface area contributed by atoms with Crippen LogP contribution < -0.4 is 5.32 Å². The van der Waals surface area contributed by atoms with Crippen molar-refractivity contribution in [2.45, 2.75) is 415 Å². The highest BCUT2D eigenvalue weighted by Gasteiger charge is 2.51. The summed E-state index contributed by atoms with van der Waals surface area (Å²) in [4.78, 5) is 13.4. The molecule has 0 aromatic heterocycles. The molecule has 2 fully saturated rings. The second-order valence-electron chi connectivity index (χ2n) is 26.8. The van der Waals surface area contributed by atoms with E-state index >= 15 is 0 Å². The summed E-state index contributed by atoms with van der Waals surface area (Å²) < 4.78 is 22.9. The third-order valence-corrected chi connectivity index (χ3v) is 18.6. The lowest BCUT2D eigenvalue weighted by Crippen LogP contribution is -2.65. The molecule has 2 aliphatic heterocycles. The summed E-state index contributed by atoms with van der Waals surface area (Å²) in [7, 11) is 0. The molecule has 2 heterocycles. The molecule has 14 nitrogen and oxygen atoms in total. The summed E-state index contributed by atoms with van der Waals surface area (Å²) in [6, 6.07) is -0.915. The zero-order valence-corrected chi connectivity index (χ0v) is 57.2. The Morgan fingerprint density at radius 1 is 0.404 bits per heavy atom. The van der Waals surface area contributed by atoms with Gasteiger partial charge in [0.1, 0.15) is 48.8 Å². The average Bonchev–Trinajstić information content (AvgIpc) is 2.51. The van der Waals surface area contributed by atoms with Gasteiger partial charge in [-0.3, -0.25) is 4.79 Å². The van der Waals surface area contributed by atoms with Crippen LogP contribution in [0.2, 0.25) is 0 Å². The molecule has 14 heteroatoms. The van der Waals surface area contributed by atoms with E-state index in [1.54, 1.807) is 6.08 Å². The number of rotatable bonds is 63. The predicted molar refractivity (Wildman–Crippen MR) is 365 cm³/mol. The Morgan fingerprint density at radius 3 is 1.12 bits per heavy atom. The van der Waals surface area contributed by atoms with E-state index in [0.717, 1.165) is 44.9 Å². The van der Waals surface area contributed by atoms with Gasteiger partial charge in [-0.2, -0.15) is 0 Å². The molecule has 89 heavy (non-hydrogen) atoms. The standard InChI is InChI=1S/C75H141NO13/c1-3-5-7-9-11-13-15-17-19-21-23-25-27-29-31-32-33-35-37-39-41-43-45-47-49-51-53-55-57-59-67(80)76-63(62-86-74-72(85)70(83)73(66(61-78)88-74)89-75-71(84)69(82)68(81)65(60-77)87-75)64(79)58-56-54-52-50-48-46-44-42-40-38-36-34-30-28-26-24-22-20-18-16-14-12-10-8-6-4-2/h15,17,21,23,56,58,63-66,68-75,77-79,81-85H,3-14,16,18-20,22,24-55,57,59-62H2,1-2H3,(H,76,80)/b17-15-,23-21-,58-56+. The molecule has 0 aromatic rings. The van der Waals surface area contributed by atoms with Gasteiger partial charge >= 0.3 is 0 Å². The third kappa shape index (κ3) is 43.7. The summed E-state index contributed by atoms with van der Waals surface area (Å²) in [6.07, 6.45) is 60.6. The molecule has 524 valence electrons. The lowest BCUT2D eigenvalue weighted by molar-refractivity contribution is -0.359. The van der Waals surface area contributed by atoms with Crippen LogP contribution in [0.3, 0.4) is 0 Å². The molecule has 1 amide bonds. The van der Waals surface area contributed by atoms with Crippen LogP contribution in [0.15, 0.2) is 36.5 Å². The van der Waals surface area contributed by atoms with Crippen LogP contribution >= 0.6 is 0 Å². The van der Waals surface area contributed by atoms with Gasteiger partial charge in [-0.05, 0) is 51.4 Å². The lowest BCUT2D eigenvalue weighted by atomic mass is 9.97. The Balaban J connectivity index is 1.65. The van der Waals surface area contributed by atoms with Gasteiger partial charge < -0.3 is 65.1 Å². The maximum absolute atomic E-state index is 13.4. The molecule has 2 aliphatic rings. The van der Waals surface area contributed by atoms with Gasteiger partial charge in [-0.15, -0.1) is 0 Å². The van der Waals surface area contributed by atoms with Crippen molar-refractivity contribution in [3.63, 3.8) is 0 Å². The number of aliphatic hydroxyl groups is 8. The highest BCUT2D eigenvalue weighted by Crippen LogP contribution is 2.30. The van der Waals surface area contributed by atoms with E-state index in [4.69, 9.17) is 18.9 Å². The second kappa shape index (κ2) is 59.9. The fraction of sp³-hybridized carbons (Fsp3) is 0.907. The van der Waals surface area contributed by atoms with Gasteiger partial charge in [-0.1, -0.05) is 320 Å². The minimum Gasteiger partial charge on any atom is -0.394 e. The monoisotopic (exact) mass is 1260 g/mol. The molecule has 0 aromatic carbocycles. The maximum atomic E-state index is 13.4. The lowest BCUT2D eigenvalue weighted by Gasteiger charge is -2.46. The van der Waals surface area contributed by atoms with Crippen molar-refractivity contribution in [3.8, 4) is 0 Å². The van der Waals surface area contributed by atoms with Crippen molar-refractivity contribution in [1.29, 1.82) is 0 Å². The summed E-state index contributed by atoms with van der Waals surface area (Å²) in [5.41, 5.74) is 0. The Labute approximate surface area is 544 Å². The number of nitrogens with one attached hydrogen (secondary N) is 1. The van der Waals surface area contributed by atoms with Crippen molar-refractivity contribution >= 4 is 5.91 Å². The van der Waals surface area contributed by atoms with E-state index in [2.05, 4.69) is 43.5 Å². The van der Waals surface area contributed by atoms with E-state index in [-0.39, 0.29) is 18.9 Å². The first-order chi connectivity index (χ1) is 43.6. The molecule has 0 bridgehead atoms. The number of amides is 1. The third-order valence-electron chi connectivity index (χ3n) is 18.6. The molecule has 0 saturated carbocycles. The summed E-state index contributed by atoms with van der Waals surface area (Å²) in [6.45, 7) is 2.85.